The quantitative estimate of drug-likeness (QED) is 0.718. The molecule has 1 aliphatic heterocycles. The second-order valence-electron chi connectivity index (χ2n) is 8.72. The number of rotatable bonds is 8. The van der Waals surface area contributed by atoms with Gasteiger partial charge in [-0.2, -0.15) is 0 Å². The molecule has 1 heterocycles. The van der Waals surface area contributed by atoms with Gasteiger partial charge in [-0.25, -0.2) is 0 Å². The fourth-order valence-corrected chi connectivity index (χ4v) is 4.66. The van der Waals surface area contributed by atoms with E-state index in [9.17, 15) is 0 Å². The topological polar surface area (TPSA) is 35.1 Å². The molecule has 3 heteroatoms. The van der Waals surface area contributed by atoms with Crippen LogP contribution in [-0.2, 0) is 4.74 Å². The zero-order valence-corrected chi connectivity index (χ0v) is 17.9. The van der Waals surface area contributed by atoms with Crippen LogP contribution in [0.15, 0.2) is 54.6 Å². The van der Waals surface area contributed by atoms with Crippen molar-refractivity contribution in [3.63, 3.8) is 0 Å². The molecule has 1 aliphatic rings. The maximum Gasteiger partial charge on any atom is 0.122 e. The van der Waals surface area contributed by atoms with E-state index in [0.29, 0.717) is 17.9 Å². The molecule has 1 saturated heterocycles. The summed E-state index contributed by atoms with van der Waals surface area (Å²) in [5, 5.41) is 2.47. The van der Waals surface area contributed by atoms with Gasteiger partial charge in [0.2, 0.25) is 0 Å². The SMILES string of the molecule is COc1ccccc1[C@@H](CC[NH2+][C@@H](C)c1ccccc1)[C@@H]1CCOC(C)(C)C1. The van der Waals surface area contributed by atoms with Crippen LogP contribution in [-0.4, -0.2) is 25.9 Å². The van der Waals surface area contributed by atoms with E-state index >= 15 is 0 Å². The lowest BCUT2D eigenvalue weighted by Gasteiger charge is -2.39. The Hall–Kier alpha value is -1.84. The van der Waals surface area contributed by atoms with E-state index in [4.69, 9.17) is 9.47 Å². The van der Waals surface area contributed by atoms with Crippen molar-refractivity contribution in [2.45, 2.75) is 57.6 Å². The summed E-state index contributed by atoms with van der Waals surface area (Å²) >= 11 is 0. The van der Waals surface area contributed by atoms with E-state index in [0.717, 1.165) is 38.2 Å². The molecule has 152 valence electrons. The second-order valence-corrected chi connectivity index (χ2v) is 8.72. The summed E-state index contributed by atoms with van der Waals surface area (Å²) in [7, 11) is 1.79. The van der Waals surface area contributed by atoms with Crippen molar-refractivity contribution in [3.8, 4) is 5.75 Å². The number of benzene rings is 2. The van der Waals surface area contributed by atoms with E-state index in [1.54, 1.807) is 7.11 Å². The van der Waals surface area contributed by atoms with Crippen LogP contribution in [0.3, 0.4) is 0 Å². The average molecular weight is 383 g/mol. The van der Waals surface area contributed by atoms with Gasteiger partial charge in [0.1, 0.15) is 11.8 Å². The second kappa shape index (κ2) is 9.58. The number of hydrogen-bond acceptors (Lipinski definition) is 2. The van der Waals surface area contributed by atoms with Crippen molar-refractivity contribution < 1.29 is 14.8 Å². The van der Waals surface area contributed by atoms with Crippen molar-refractivity contribution >= 4 is 0 Å². The van der Waals surface area contributed by atoms with Gasteiger partial charge in [-0.1, -0.05) is 48.5 Å². The van der Waals surface area contributed by atoms with Crippen LogP contribution in [0.2, 0.25) is 0 Å². The molecule has 2 aromatic carbocycles. The molecular weight excluding hydrogens is 346 g/mol. The summed E-state index contributed by atoms with van der Waals surface area (Å²) in [5.74, 6) is 2.15. The Morgan fingerprint density at radius 2 is 1.82 bits per heavy atom. The van der Waals surface area contributed by atoms with E-state index < -0.39 is 0 Å². The molecule has 0 radical (unpaired) electrons. The molecule has 0 aromatic heterocycles. The van der Waals surface area contributed by atoms with Crippen molar-refractivity contribution in [3.05, 3.63) is 65.7 Å². The molecule has 0 amide bonds. The maximum absolute atomic E-state index is 6.00. The van der Waals surface area contributed by atoms with Crippen molar-refractivity contribution in [1.29, 1.82) is 0 Å². The smallest absolute Gasteiger partial charge is 0.122 e. The zero-order valence-electron chi connectivity index (χ0n) is 17.9. The van der Waals surface area contributed by atoms with Crippen LogP contribution in [0.5, 0.6) is 5.75 Å². The number of para-hydroxylation sites is 1. The highest BCUT2D eigenvalue weighted by atomic mass is 16.5. The largest absolute Gasteiger partial charge is 0.496 e. The third-order valence-corrected chi connectivity index (χ3v) is 6.17. The van der Waals surface area contributed by atoms with Gasteiger partial charge in [0.25, 0.3) is 0 Å². The van der Waals surface area contributed by atoms with Crippen molar-refractivity contribution in [2.24, 2.45) is 5.92 Å². The Bertz CT molecular complexity index is 728. The highest BCUT2D eigenvalue weighted by Crippen LogP contribution is 2.42. The molecule has 0 saturated carbocycles. The molecule has 0 bridgehead atoms. The average Bonchev–Trinajstić information content (AvgIpc) is 2.71. The van der Waals surface area contributed by atoms with E-state index in [1.165, 1.54) is 11.1 Å². The molecule has 0 spiro atoms. The van der Waals surface area contributed by atoms with Gasteiger partial charge >= 0.3 is 0 Å². The monoisotopic (exact) mass is 382 g/mol. The summed E-state index contributed by atoms with van der Waals surface area (Å²) in [6.07, 6.45) is 3.38. The van der Waals surface area contributed by atoms with Crippen LogP contribution in [0.4, 0.5) is 0 Å². The Balaban J connectivity index is 1.73. The number of quaternary nitrogens is 1. The van der Waals surface area contributed by atoms with Gasteiger partial charge in [0.05, 0.1) is 19.3 Å². The molecule has 3 atom stereocenters. The normalized spacial score (nSPS) is 21.1. The lowest BCUT2D eigenvalue weighted by molar-refractivity contribution is -0.693. The fraction of sp³-hybridized carbons (Fsp3) is 0.520. The van der Waals surface area contributed by atoms with Crippen LogP contribution < -0.4 is 10.1 Å². The summed E-state index contributed by atoms with van der Waals surface area (Å²) in [4.78, 5) is 0. The van der Waals surface area contributed by atoms with Gasteiger partial charge in [-0.3, -0.25) is 0 Å². The lowest BCUT2D eigenvalue weighted by atomic mass is 9.75. The first-order chi connectivity index (χ1) is 13.5. The number of hydrogen-bond donors (Lipinski definition) is 1. The summed E-state index contributed by atoms with van der Waals surface area (Å²) in [5.41, 5.74) is 2.71. The standard InChI is InChI=1S/C25H35NO2/c1-19(20-10-6-5-7-11-20)26-16-14-22(21-15-17-28-25(2,3)18-21)23-12-8-9-13-24(23)27-4/h5-13,19,21-22,26H,14-18H2,1-4H3/p+1/t19-,21+,22-/m0/s1. The van der Waals surface area contributed by atoms with Gasteiger partial charge < -0.3 is 14.8 Å². The predicted octanol–water partition coefficient (Wildman–Crippen LogP) is 4.70. The first-order valence-corrected chi connectivity index (χ1v) is 10.7. The molecule has 0 aliphatic carbocycles. The molecule has 2 N–H and O–H groups in total. The van der Waals surface area contributed by atoms with Gasteiger partial charge in [-0.15, -0.1) is 0 Å². The van der Waals surface area contributed by atoms with Crippen LogP contribution in [0, 0.1) is 5.92 Å². The summed E-state index contributed by atoms with van der Waals surface area (Å²) < 4.78 is 11.7. The summed E-state index contributed by atoms with van der Waals surface area (Å²) in [6.45, 7) is 8.71. The Labute approximate surface area is 170 Å². The third kappa shape index (κ3) is 5.36. The Morgan fingerprint density at radius 3 is 2.54 bits per heavy atom. The lowest BCUT2D eigenvalue weighted by Crippen LogP contribution is -2.84. The first kappa shape index (κ1) is 20.9. The van der Waals surface area contributed by atoms with Crippen molar-refractivity contribution in [2.75, 3.05) is 20.3 Å². The van der Waals surface area contributed by atoms with E-state index in [1.807, 2.05) is 0 Å². The van der Waals surface area contributed by atoms with Gasteiger partial charge in [-0.05, 0) is 57.1 Å². The maximum atomic E-state index is 6.00. The minimum absolute atomic E-state index is 0.0375. The van der Waals surface area contributed by atoms with Crippen LogP contribution in [0.25, 0.3) is 0 Å². The Morgan fingerprint density at radius 1 is 1.11 bits per heavy atom. The van der Waals surface area contributed by atoms with Gasteiger partial charge in [0.15, 0.2) is 0 Å². The number of methoxy groups -OCH3 is 1. The van der Waals surface area contributed by atoms with E-state index in [-0.39, 0.29) is 5.60 Å². The summed E-state index contributed by atoms with van der Waals surface area (Å²) in [6, 6.07) is 19.8. The third-order valence-electron chi connectivity index (χ3n) is 6.17. The van der Waals surface area contributed by atoms with E-state index in [2.05, 4.69) is 80.7 Å². The Kier molecular flexibility index (Phi) is 7.14. The minimum Gasteiger partial charge on any atom is -0.496 e. The number of ether oxygens (including phenoxy) is 2. The molecule has 0 unspecified atom stereocenters. The fourth-order valence-electron chi connectivity index (χ4n) is 4.66. The predicted molar refractivity (Wildman–Crippen MR) is 115 cm³/mol. The number of nitrogens with two attached hydrogens (primary N) is 1. The molecule has 2 aromatic rings. The molecule has 3 rings (SSSR count). The zero-order chi connectivity index (χ0) is 20.0. The highest BCUT2D eigenvalue weighted by Gasteiger charge is 2.35. The molecule has 3 nitrogen and oxygen atoms in total. The highest BCUT2D eigenvalue weighted by molar-refractivity contribution is 5.36. The first-order valence-electron chi connectivity index (χ1n) is 10.7. The molecule has 28 heavy (non-hydrogen) atoms. The molecular formula is C25H36NO2+. The molecule has 1 fully saturated rings. The van der Waals surface area contributed by atoms with Crippen molar-refractivity contribution in [1.82, 2.24) is 0 Å². The van der Waals surface area contributed by atoms with Gasteiger partial charge in [0, 0.05) is 18.6 Å². The van der Waals surface area contributed by atoms with Crippen LogP contribution >= 0.6 is 0 Å². The van der Waals surface area contributed by atoms with Crippen LogP contribution in [0.1, 0.15) is 63.1 Å². The minimum atomic E-state index is -0.0375.